The van der Waals surface area contributed by atoms with Gasteiger partial charge in [-0.1, -0.05) is 6.92 Å². The monoisotopic (exact) mass is 490 g/mol. The number of piperidine rings is 1. The summed E-state index contributed by atoms with van der Waals surface area (Å²) in [7, 11) is 0. The number of esters is 1. The molecule has 0 unspecified atom stereocenters. The number of halogens is 1. The van der Waals surface area contributed by atoms with Crippen LogP contribution in [0.2, 0.25) is 0 Å². The maximum absolute atomic E-state index is 13.2. The third-order valence-electron chi connectivity index (χ3n) is 7.69. The first kappa shape index (κ1) is 25.2. The number of carbonyl (C=O) groups is 3. The lowest BCUT2D eigenvalue weighted by molar-refractivity contribution is -0.153. The molecule has 3 aliphatic rings. The number of likely N-dealkylation sites (tertiary alicyclic amines) is 1. The van der Waals surface area contributed by atoms with E-state index in [2.05, 4.69) is 15.1 Å². The van der Waals surface area contributed by atoms with Gasteiger partial charge in [0.1, 0.15) is 18.0 Å². The van der Waals surface area contributed by atoms with Gasteiger partial charge in [0, 0.05) is 57.9 Å². The van der Waals surface area contributed by atoms with E-state index in [1.807, 2.05) is 12.1 Å². The minimum Gasteiger partial charge on any atom is -0.465 e. The SMILES string of the molecule is CC[C@H](NC(=O)O)C(=O)N1CCC2(CC1)C[C@H](CCN1CCN(c3ccc(F)cc3)CC1)OC2=O. The van der Waals surface area contributed by atoms with Crippen LogP contribution in [0.4, 0.5) is 14.9 Å². The molecule has 4 rings (SSSR count). The van der Waals surface area contributed by atoms with Crippen LogP contribution in [0.25, 0.3) is 0 Å². The molecule has 1 aromatic carbocycles. The lowest BCUT2D eigenvalue weighted by atomic mass is 9.75. The zero-order chi connectivity index (χ0) is 25.0. The summed E-state index contributed by atoms with van der Waals surface area (Å²) in [4.78, 5) is 42.7. The summed E-state index contributed by atoms with van der Waals surface area (Å²) in [6.07, 6.45) is 1.62. The van der Waals surface area contributed by atoms with Crippen molar-refractivity contribution >= 4 is 23.7 Å². The average molecular weight is 491 g/mol. The molecule has 0 bridgehead atoms. The van der Waals surface area contributed by atoms with Crippen molar-refractivity contribution in [2.75, 3.05) is 50.7 Å². The maximum Gasteiger partial charge on any atom is 0.405 e. The minimum atomic E-state index is -1.21. The van der Waals surface area contributed by atoms with Gasteiger partial charge in [0.05, 0.1) is 5.41 Å². The van der Waals surface area contributed by atoms with Gasteiger partial charge in [0.2, 0.25) is 5.91 Å². The molecule has 0 saturated carbocycles. The quantitative estimate of drug-likeness (QED) is 0.566. The number of anilines is 1. The summed E-state index contributed by atoms with van der Waals surface area (Å²) in [5.41, 5.74) is 0.497. The number of nitrogens with one attached hydrogen (secondary N) is 1. The highest BCUT2D eigenvalue weighted by molar-refractivity contribution is 5.86. The molecule has 9 nitrogen and oxygen atoms in total. The van der Waals surface area contributed by atoms with Gasteiger partial charge in [-0.05, 0) is 49.9 Å². The van der Waals surface area contributed by atoms with Gasteiger partial charge in [-0.2, -0.15) is 0 Å². The first-order valence-corrected chi connectivity index (χ1v) is 12.5. The van der Waals surface area contributed by atoms with E-state index in [1.54, 1.807) is 11.8 Å². The van der Waals surface area contributed by atoms with Crippen LogP contribution in [-0.4, -0.2) is 90.8 Å². The average Bonchev–Trinajstić information content (AvgIpc) is 3.16. The smallest absolute Gasteiger partial charge is 0.405 e. The molecule has 1 spiro atoms. The Balaban J connectivity index is 1.21. The van der Waals surface area contributed by atoms with Crippen molar-refractivity contribution < 1.29 is 28.6 Å². The number of amides is 2. The summed E-state index contributed by atoms with van der Waals surface area (Å²) in [5, 5.41) is 11.2. The highest BCUT2D eigenvalue weighted by atomic mass is 19.1. The van der Waals surface area contributed by atoms with E-state index in [0.717, 1.165) is 44.8 Å². The van der Waals surface area contributed by atoms with Crippen LogP contribution in [0.1, 0.15) is 39.0 Å². The molecule has 1 aromatic rings. The fourth-order valence-electron chi connectivity index (χ4n) is 5.48. The van der Waals surface area contributed by atoms with Crippen molar-refractivity contribution in [1.29, 1.82) is 0 Å². The number of ether oxygens (including phenoxy) is 1. The molecule has 0 aromatic heterocycles. The molecule has 2 N–H and O–H groups in total. The second kappa shape index (κ2) is 10.8. The van der Waals surface area contributed by atoms with Gasteiger partial charge in [-0.15, -0.1) is 0 Å². The van der Waals surface area contributed by atoms with Crippen LogP contribution in [0, 0.1) is 11.2 Å². The first-order chi connectivity index (χ1) is 16.8. The van der Waals surface area contributed by atoms with Crippen LogP contribution in [-0.2, 0) is 14.3 Å². The molecule has 35 heavy (non-hydrogen) atoms. The second-order valence-corrected chi connectivity index (χ2v) is 9.84. The number of rotatable bonds is 7. The molecule has 0 aliphatic carbocycles. The van der Waals surface area contributed by atoms with Gasteiger partial charge in [-0.3, -0.25) is 14.5 Å². The van der Waals surface area contributed by atoms with Crippen molar-refractivity contribution in [3.05, 3.63) is 30.1 Å². The van der Waals surface area contributed by atoms with E-state index in [9.17, 15) is 18.8 Å². The number of carboxylic acid groups (broad SMARTS) is 1. The summed E-state index contributed by atoms with van der Waals surface area (Å²) in [6, 6.07) is 5.84. The third-order valence-corrected chi connectivity index (χ3v) is 7.69. The van der Waals surface area contributed by atoms with Crippen molar-refractivity contribution in [2.45, 2.75) is 51.2 Å². The molecule has 2 atom stereocenters. The number of benzene rings is 1. The van der Waals surface area contributed by atoms with Crippen LogP contribution >= 0.6 is 0 Å². The lowest BCUT2D eigenvalue weighted by Crippen LogP contribution is -2.52. The predicted octanol–water partition coefficient (Wildman–Crippen LogP) is 2.31. The van der Waals surface area contributed by atoms with Crippen LogP contribution in [0.3, 0.4) is 0 Å². The third kappa shape index (κ3) is 5.86. The molecule has 2 amide bonds. The van der Waals surface area contributed by atoms with E-state index in [4.69, 9.17) is 9.84 Å². The van der Waals surface area contributed by atoms with Gasteiger partial charge in [-0.25, -0.2) is 9.18 Å². The Kier molecular flexibility index (Phi) is 7.78. The molecule has 10 heteroatoms. The predicted molar refractivity (Wildman–Crippen MR) is 128 cm³/mol. The van der Waals surface area contributed by atoms with Crippen molar-refractivity contribution in [3.8, 4) is 0 Å². The van der Waals surface area contributed by atoms with Crippen LogP contribution in [0.5, 0.6) is 0 Å². The Morgan fingerprint density at radius 1 is 1.14 bits per heavy atom. The van der Waals surface area contributed by atoms with Crippen LogP contribution < -0.4 is 10.2 Å². The normalized spacial score (nSPS) is 23.3. The highest BCUT2D eigenvalue weighted by Gasteiger charge is 2.51. The molecule has 3 heterocycles. The van der Waals surface area contributed by atoms with Crippen molar-refractivity contribution in [2.24, 2.45) is 5.41 Å². The number of hydrogen-bond donors (Lipinski definition) is 2. The summed E-state index contributed by atoms with van der Waals surface area (Å²) in [6.45, 7) is 7.05. The fraction of sp³-hybridized carbons (Fsp3) is 0.640. The van der Waals surface area contributed by atoms with E-state index >= 15 is 0 Å². The molecular formula is C25H35FN4O5. The molecular weight excluding hydrogens is 455 g/mol. The van der Waals surface area contributed by atoms with E-state index in [0.29, 0.717) is 38.8 Å². The Bertz CT molecular complexity index is 911. The summed E-state index contributed by atoms with van der Waals surface area (Å²) >= 11 is 0. The number of nitrogens with zero attached hydrogens (tertiary/aromatic N) is 3. The highest BCUT2D eigenvalue weighted by Crippen LogP contribution is 2.44. The summed E-state index contributed by atoms with van der Waals surface area (Å²) in [5.74, 6) is -0.618. The Hall–Kier alpha value is -2.88. The standard InChI is InChI=1S/C25H35FN4O5/c1-2-21(27-24(33)34)22(31)30-11-8-25(9-12-30)17-20(35-23(25)32)7-10-28-13-15-29(16-14-28)19-5-3-18(26)4-6-19/h3-6,20-21,27H,2,7-17H2,1H3,(H,33,34)/t20-,21-/m0/s1. The fourth-order valence-corrected chi connectivity index (χ4v) is 5.48. The first-order valence-electron chi connectivity index (χ1n) is 12.5. The van der Waals surface area contributed by atoms with Gasteiger partial charge in [0.15, 0.2) is 0 Å². The maximum atomic E-state index is 13.2. The van der Waals surface area contributed by atoms with E-state index in [1.165, 1.54) is 12.1 Å². The Morgan fingerprint density at radius 3 is 2.40 bits per heavy atom. The molecule has 3 aliphatic heterocycles. The zero-order valence-corrected chi connectivity index (χ0v) is 20.2. The van der Waals surface area contributed by atoms with Crippen molar-refractivity contribution in [1.82, 2.24) is 15.1 Å². The van der Waals surface area contributed by atoms with Gasteiger partial charge < -0.3 is 25.0 Å². The second-order valence-electron chi connectivity index (χ2n) is 9.84. The number of carbonyl (C=O) groups excluding carboxylic acids is 2. The van der Waals surface area contributed by atoms with E-state index in [-0.39, 0.29) is 23.8 Å². The van der Waals surface area contributed by atoms with Gasteiger partial charge >= 0.3 is 12.1 Å². The number of cyclic esters (lactones) is 1. The largest absolute Gasteiger partial charge is 0.465 e. The summed E-state index contributed by atoms with van der Waals surface area (Å²) < 4.78 is 18.9. The van der Waals surface area contributed by atoms with E-state index < -0.39 is 17.6 Å². The minimum absolute atomic E-state index is 0.114. The molecule has 3 saturated heterocycles. The number of piperazine rings is 1. The number of hydrogen-bond acceptors (Lipinski definition) is 6. The Labute approximate surface area is 205 Å². The topological polar surface area (TPSA) is 102 Å². The molecule has 192 valence electrons. The van der Waals surface area contributed by atoms with Crippen molar-refractivity contribution in [3.63, 3.8) is 0 Å². The molecule has 3 fully saturated rings. The van der Waals surface area contributed by atoms with Gasteiger partial charge in [0.25, 0.3) is 0 Å². The Morgan fingerprint density at radius 2 is 1.80 bits per heavy atom. The lowest BCUT2D eigenvalue weighted by Gasteiger charge is -2.38. The molecule has 0 radical (unpaired) electrons. The zero-order valence-electron chi connectivity index (χ0n) is 20.2. The van der Waals surface area contributed by atoms with Crippen LogP contribution in [0.15, 0.2) is 24.3 Å².